The number of carbonyl (C=O) groups is 1. The fourth-order valence-electron chi connectivity index (χ4n) is 3.12. The summed E-state index contributed by atoms with van der Waals surface area (Å²) < 4.78 is 26.7. The molecule has 2 heterocycles. The van der Waals surface area contributed by atoms with Crippen LogP contribution in [0.15, 0.2) is 24.8 Å². The van der Waals surface area contributed by atoms with Crippen LogP contribution < -0.4 is 10.2 Å². The van der Waals surface area contributed by atoms with Gasteiger partial charge in [0.1, 0.15) is 17.7 Å². The van der Waals surface area contributed by atoms with E-state index in [1.54, 1.807) is 12.4 Å². The molecule has 9 heteroatoms. The smallest absolute Gasteiger partial charge is 0.255 e. The number of hydrogen-bond acceptors (Lipinski definition) is 5. The number of imidazole rings is 1. The minimum Gasteiger partial charge on any atom is -0.362 e. The standard InChI is InChI=1S/C19H22F2N6O/c1-11-5-13(19(28)22-7-16(20)21)17-15(6-11)27(10-25-17)8-14-12(2)18(26(3)4)24-9-23-14/h5-6,9-10,16H,7-8H2,1-4H3,(H,22,28). The number of fused-ring (bicyclic) bond motifs is 1. The van der Waals surface area contributed by atoms with Crippen LogP contribution >= 0.6 is 0 Å². The molecule has 0 bridgehead atoms. The van der Waals surface area contributed by atoms with Crippen LogP contribution in [0.2, 0.25) is 0 Å². The van der Waals surface area contributed by atoms with Gasteiger partial charge in [-0.2, -0.15) is 0 Å². The molecule has 1 N–H and O–H groups in total. The van der Waals surface area contributed by atoms with Crippen molar-refractivity contribution in [3.63, 3.8) is 0 Å². The molecule has 148 valence electrons. The molecule has 0 atom stereocenters. The molecule has 28 heavy (non-hydrogen) atoms. The van der Waals surface area contributed by atoms with E-state index >= 15 is 0 Å². The second-order valence-electron chi connectivity index (χ2n) is 6.82. The Labute approximate surface area is 161 Å². The Kier molecular flexibility index (Phi) is 5.53. The molecule has 1 amide bonds. The van der Waals surface area contributed by atoms with Crippen LogP contribution in [0.25, 0.3) is 11.0 Å². The summed E-state index contributed by atoms with van der Waals surface area (Å²) in [4.78, 5) is 27.3. The largest absolute Gasteiger partial charge is 0.362 e. The molecule has 0 saturated heterocycles. The fraction of sp³-hybridized carbons (Fsp3) is 0.368. The summed E-state index contributed by atoms with van der Waals surface area (Å²) >= 11 is 0. The predicted octanol–water partition coefficient (Wildman–Crippen LogP) is 2.55. The maximum atomic E-state index is 12.4. The van der Waals surface area contributed by atoms with Gasteiger partial charge in [0.2, 0.25) is 0 Å². The van der Waals surface area contributed by atoms with E-state index in [0.29, 0.717) is 12.1 Å². The molecular formula is C19H22F2N6O. The molecule has 0 saturated carbocycles. The average Bonchev–Trinajstić information content (AvgIpc) is 3.03. The van der Waals surface area contributed by atoms with Gasteiger partial charge in [-0.25, -0.2) is 23.7 Å². The van der Waals surface area contributed by atoms with Gasteiger partial charge >= 0.3 is 0 Å². The third kappa shape index (κ3) is 3.92. The number of anilines is 1. The summed E-state index contributed by atoms with van der Waals surface area (Å²) in [7, 11) is 3.83. The Morgan fingerprint density at radius 1 is 1.21 bits per heavy atom. The first-order valence-corrected chi connectivity index (χ1v) is 8.77. The van der Waals surface area contributed by atoms with Crippen LogP contribution in [0.3, 0.4) is 0 Å². The van der Waals surface area contributed by atoms with Crippen molar-refractivity contribution in [1.29, 1.82) is 0 Å². The molecule has 0 aliphatic carbocycles. The Morgan fingerprint density at radius 3 is 2.64 bits per heavy atom. The number of alkyl halides is 2. The second kappa shape index (κ2) is 7.87. The minimum absolute atomic E-state index is 0.280. The van der Waals surface area contributed by atoms with E-state index in [0.717, 1.165) is 28.2 Å². The zero-order valence-corrected chi connectivity index (χ0v) is 16.2. The number of nitrogens with zero attached hydrogens (tertiary/aromatic N) is 5. The normalized spacial score (nSPS) is 11.2. The highest BCUT2D eigenvalue weighted by molar-refractivity contribution is 6.05. The van der Waals surface area contributed by atoms with Crippen molar-refractivity contribution in [3.05, 3.63) is 47.2 Å². The molecule has 2 aromatic heterocycles. The topological polar surface area (TPSA) is 75.9 Å². The van der Waals surface area contributed by atoms with Gasteiger partial charge in [0.15, 0.2) is 0 Å². The summed E-state index contributed by atoms with van der Waals surface area (Å²) in [5.41, 5.74) is 4.12. The van der Waals surface area contributed by atoms with Crippen molar-refractivity contribution >= 4 is 22.8 Å². The van der Waals surface area contributed by atoms with Gasteiger partial charge in [0.05, 0.1) is 36.2 Å². The SMILES string of the molecule is Cc1cc(C(=O)NCC(F)F)c2ncn(Cc3ncnc(N(C)C)c3C)c2c1. The zero-order valence-electron chi connectivity index (χ0n) is 16.2. The number of carbonyl (C=O) groups excluding carboxylic acids is 1. The molecule has 7 nitrogen and oxygen atoms in total. The molecule has 0 fully saturated rings. The minimum atomic E-state index is -2.60. The van der Waals surface area contributed by atoms with Gasteiger partial charge in [-0.1, -0.05) is 0 Å². The molecular weight excluding hydrogens is 366 g/mol. The Bertz CT molecular complexity index is 1020. The Hall–Kier alpha value is -3.10. The van der Waals surface area contributed by atoms with E-state index in [-0.39, 0.29) is 5.56 Å². The first-order chi connectivity index (χ1) is 13.3. The summed E-state index contributed by atoms with van der Waals surface area (Å²) in [5, 5.41) is 2.24. The molecule has 0 aliphatic heterocycles. The molecule has 3 aromatic rings. The number of rotatable bonds is 6. The van der Waals surface area contributed by atoms with Crippen molar-refractivity contribution in [2.45, 2.75) is 26.8 Å². The number of nitrogens with one attached hydrogen (secondary N) is 1. The maximum Gasteiger partial charge on any atom is 0.255 e. The van der Waals surface area contributed by atoms with E-state index in [4.69, 9.17) is 0 Å². The lowest BCUT2D eigenvalue weighted by Gasteiger charge is -2.16. The van der Waals surface area contributed by atoms with Crippen molar-refractivity contribution in [2.75, 3.05) is 25.5 Å². The van der Waals surface area contributed by atoms with Gasteiger partial charge in [0, 0.05) is 19.7 Å². The molecule has 1 aromatic carbocycles. The third-order valence-electron chi connectivity index (χ3n) is 4.44. The van der Waals surface area contributed by atoms with Gasteiger partial charge < -0.3 is 14.8 Å². The van der Waals surface area contributed by atoms with Gasteiger partial charge in [-0.15, -0.1) is 0 Å². The van der Waals surface area contributed by atoms with Crippen LogP contribution in [0.1, 0.15) is 27.2 Å². The summed E-state index contributed by atoms with van der Waals surface area (Å²) in [6.07, 6.45) is 0.546. The lowest BCUT2D eigenvalue weighted by molar-refractivity contribution is 0.0893. The number of aromatic nitrogens is 4. The van der Waals surface area contributed by atoms with Crippen LogP contribution in [-0.2, 0) is 6.54 Å². The second-order valence-corrected chi connectivity index (χ2v) is 6.82. The summed E-state index contributed by atoms with van der Waals surface area (Å²) in [6.45, 7) is 3.56. The lowest BCUT2D eigenvalue weighted by Crippen LogP contribution is -2.28. The van der Waals surface area contributed by atoms with E-state index in [9.17, 15) is 13.6 Å². The first-order valence-electron chi connectivity index (χ1n) is 8.77. The summed E-state index contributed by atoms with van der Waals surface area (Å²) in [5.74, 6) is 0.269. The number of hydrogen-bond donors (Lipinski definition) is 1. The fourth-order valence-corrected chi connectivity index (χ4v) is 3.12. The molecule has 0 spiro atoms. The van der Waals surface area contributed by atoms with Crippen molar-refractivity contribution in [3.8, 4) is 0 Å². The van der Waals surface area contributed by atoms with E-state index in [1.165, 1.54) is 6.33 Å². The van der Waals surface area contributed by atoms with Crippen LogP contribution in [-0.4, -0.2) is 52.5 Å². The Morgan fingerprint density at radius 2 is 1.96 bits per heavy atom. The molecule has 0 radical (unpaired) electrons. The molecule has 0 unspecified atom stereocenters. The van der Waals surface area contributed by atoms with E-state index in [1.807, 2.05) is 43.5 Å². The number of benzene rings is 1. The number of halogens is 2. The van der Waals surface area contributed by atoms with Crippen molar-refractivity contribution in [1.82, 2.24) is 24.8 Å². The highest BCUT2D eigenvalue weighted by atomic mass is 19.3. The van der Waals surface area contributed by atoms with Gasteiger partial charge in [0.25, 0.3) is 12.3 Å². The highest BCUT2D eigenvalue weighted by Gasteiger charge is 2.17. The lowest BCUT2D eigenvalue weighted by atomic mass is 10.1. The van der Waals surface area contributed by atoms with Crippen LogP contribution in [0, 0.1) is 13.8 Å². The third-order valence-corrected chi connectivity index (χ3v) is 4.44. The highest BCUT2D eigenvalue weighted by Crippen LogP contribution is 2.23. The molecule has 0 aliphatic rings. The maximum absolute atomic E-state index is 12.4. The molecule has 3 rings (SSSR count). The summed E-state index contributed by atoms with van der Waals surface area (Å²) in [6, 6.07) is 3.57. The Balaban J connectivity index is 1.99. The zero-order chi connectivity index (χ0) is 20.4. The number of aryl methyl sites for hydroxylation is 1. The quantitative estimate of drug-likeness (QED) is 0.702. The van der Waals surface area contributed by atoms with Gasteiger partial charge in [-0.3, -0.25) is 4.79 Å². The average molecular weight is 388 g/mol. The number of amides is 1. The monoisotopic (exact) mass is 388 g/mol. The predicted molar refractivity (Wildman–Crippen MR) is 103 cm³/mol. The van der Waals surface area contributed by atoms with Crippen molar-refractivity contribution < 1.29 is 13.6 Å². The van der Waals surface area contributed by atoms with Gasteiger partial charge in [-0.05, 0) is 31.5 Å². The van der Waals surface area contributed by atoms with Crippen molar-refractivity contribution in [2.24, 2.45) is 0 Å². The first kappa shape index (κ1) is 19.7. The van der Waals surface area contributed by atoms with Crippen LogP contribution in [0.5, 0.6) is 0 Å². The van der Waals surface area contributed by atoms with E-state index in [2.05, 4.69) is 20.3 Å². The van der Waals surface area contributed by atoms with Crippen LogP contribution in [0.4, 0.5) is 14.6 Å². The van der Waals surface area contributed by atoms with E-state index < -0.39 is 18.9 Å².